The predicted molar refractivity (Wildman–Crippen MR) is 147 cm³/mol. The molecule has 16 heteroatoms. The number of hydrogen-bond donors (Lipinski definition) is 2. The summed E-state index contributed by atoms with van der Waals surface area (Å²) in [4.78, 5) is 26.0. The number of halogens is 5. The average molecular weight is 624 g/mol. The fourth-order valence-electron chi connectivity index (χ4n) is 2.29. The van der Waals surface area contributed by atoms with Crippen molar-refractivity contribution in [3.63, 3.8) is 0 Å². The second-order valence-electron chi connectivity index (χ2n) is 5.98. The Balaban J connectivity index is 0.000000468. The first kappa shape index (κ1) is 34.1. The van der Waals surface area contributed by atoms with Crippen LogP contribution >= 0.6 is 62.1 Å². The molecule has 0 amide bonds. The Hall–Kier alpha value is -1.94. The van der Waals surface area contributed by atoms with Crippen molar-refractivity contribution in [3.8, 4) is 17.4 Å². The molecule has 1 aromatic carbocycles. The summed E-state index contributed by atoms with van der Waals surface area (Å²) in [6, 6.07) is 10.5. The smallest absolute Gasteiger partial charge is 0.339 e. The third-order valence-corrected chi connectivity index (χ3v) is 4.34. The van der Waals surface area contributed by atoms with Crippen LogP contribution in [0.25, 0.3) is 0 Å². The van der Waals surface area contributed by atoms with Crippen molar-refractivity contribution >= 4 is 67.8 Å². The van der Waals surface area contributed by atoms with Gasteiger partial charge in [0.05, 0.1) is 20.5 Å². The minimum atomic E-state index is -3.22. The van der Waals surface area contributed by atoms with Crippen LogP contribution in [-0.2, 0) is 4.57 Å². The molecule has 2 heterocycles. The lowest BCUT2D eigenvalue weighted by Gasteiger charge is -2.20. The van der Waals surface area contributed by atoms with E-state index in [1.54, 1.807) is 0 Å². The molecule has 0 bridgehead atoms. The van der Waals surface area contributed by atoms with Gasteiger partial charge in [-0.2, -0.15) is 0 Å². The molecule has 0 saturated heterocycles. The van der Waals surface area contributed by atoms with Crippen LogP contribution in [0, 0.1) is 0 Å². The number of H-pyrrole nitrogens is 1. The molecule has 3 aromatic rings. The average Bonchev–Trinajstić information content (AvgIpc) is 2.81. The number of anilines is 1. The molecule has 0 saturated carbocycles. The zero-order valence-corrected chi connectivity index (χ0v) is 24.3. The van der Waals surface area contributed by atoms with Gasteiger partial charge in [-0.15, -0.1) is 0 Å². The molecule has 36 heavy (non-hydrogen) atoms. The van der Waals surface area contributed by atoms with E-state index in [0.29, 0.717) is 5.75 Å². The van der Waals surface area contributed by atoms with E-state index >= 15 is 0 Å². The molecule has 0 aliphatic heterocycles. The lowest BCUT2D eigenvalue weighted by molar-refractivity contribution is 0.356. The third kappa shape index (κ3) is 14.6. The van der Waals surface area contributed by atoms with Gasteiger partial charge in [0.25, 0.3) is 11.4 Å². The van der Waals surface area contributed by atoms with Crippen molar-refractivity contribution in [2.75, 3.05) is 32.2 Å². The molecule has 0 aliphatic carbocycles. The molecule has 0 aliphatic rings. The predicted octanol–water partition coefficient (Wildman–Crippen LogP) is 6.62. The summed E-state index contributed by atoms with van der Waals surface area (Å²) < 4.78 is 18.8. The van der Waals surface area contributed by atoms with Gasteiger partial charge in [-0.1, -0.05) is 41.4 Å². The summed E-state index contributed by atoms with van der Waals surface area (Å²) in [6.45, 7) is 6.52. The maximum absolute atomic E-state index is 10.7. The van der Waals surface area contributed by atoms with Crippen molar-refractivity contribution < 1.29 is 19.1 Å². The van der Waals surface area contributed by atoms with E-state index < -0.39 is 16.6 Å². The van der Waals surface area contributed by atoms with E-state index in [-0.39, 0.29) is 16.1 Å². The molecule has 3 rings (SSSR count). The molecule has 0 atom stereocenters. The van der Waals surface area contributed by atoms with E-state index in [1.807, 2.05) is 6.07 Å². The molecular weight excluding hydrogens is 598 g/mol. The highest BCUT2D eigenvalue weighted by Crippen LogP contribution is 2.61. The number of nitrogens with zero attached hydrogens (tertiary/aromatic N) is 4. The summed E-state index contributed by atoms with van der Waals surface area (Å²) in [5, 5.41) is 6.06. The number of aromatic amines is 1. The van der Waals surface area contributed by atoms with E-state index in [2.05, 4.69) is 101 Å². The van der Waals surface area contributed by atoms with Gasteiger partial charge in [0.2, 0.25) is 5.75 Å². The maximum Gasteiger partial charge on any atom is 0.339 e. The quantitative estimate of drug-likeness (QED) is 0.238. The summed E-state index contributed by atoms with van der Waals surface area (Å²) in [5.74, 6) is -0.250. The Morgan fingerprint density at radius 3 is 1.75 bits per heavy atom. The van der Waals surface area contributed by atoms with Gasteiger partial charge in [-0.3, -0.25) is 9.36 Å². The zero-order valence-electron chi connectivity index (χ0n) is 19.7. The second kappa shape index (κ2) is 18.3. The highest BCUT2D eigenvalue weighted by atomic mass is 36.0. The Labute approximate surface area is 233 Å². The number of rotatable bonds is 5. The number of hydrogen-bond acceptors (Lipinski definition) is 9. The Morgan fingerprint density at radius 1 is 0.944 bits per heavy atom. The first-order chi connectivity index (χ1) is 16.9. The summed E-state index contributed by atoms with van der Waals surface area (Å²) >= 11 is 25.0. The fraction of sp³-hybridized carbons (Fsp3) is 0.300. The maximum atomic E-state index is 10.7. The topological polar surface area (TPSA) is 131 Å². The lowest BCUT2D eigenvalue weighted by atomic mass is 10.3. The van der Waals surface area contributed by atoms with E-state index in [1.165, 1.54) is 26.2 Å². The first-order valence-corrected chi connectivity index (χ1v) is 15.1. The van der Waals surface area contributed by atoms with Gasteiger partial charge < -0.3 is 24.5 Å². The van der Waals surface area contributed by atoms with Crippen LogP contribution in [0.15, 0.2) is 47.8 Å². The van der Waals surface area contributed by atoms with Gasteiger partial charge in [0.1, 0.15) is 6.33 Å². The molecule has 0 fully saturated rings. The summed E-state index contributed by atoms with van der Waals surface area (Å²) in [6.07, 6.45) is 2.37. The van der Waals surface area contributed by atoms with Crippen LogP contribution in [0.1, 0.15) is 13.8 Å². The number of ether oxygens (including phenoxy) is 2. The van der Waals surface area contributed by atoms with E-state index in [0.717, 1.165) is 19.4 Å². The number of aromatic nitrogens is 4. The molecule has 0 radical (unpaired) electrons. The molecule has 0 spiro atoms. The van der Waals surface area contributed by atoms with Crippen molar-refractivity contribution in [1.82, 2.24) is 19.9 Å². The monoisotopic (exact) mass is 621 g/mol. The number of nitrogens with one attached hydrogen (secondary N) is 1. The summed E-state index contributed by atoms with van der Waals surface area (Å²) in [7, 11) is 2.74. The molecule has 10 nitrogen and oxygen atoms in total. The fourth-order valence-corrected chi connectivity index (χ4v) is 2.76. The largest absolute Gasteiger partial charge is 0.491 e. The lowest BCUT2D eigenvalue weighted by Crippen LogP contribution is -2.21. The van der Waals surface area contributed by atoms with Gasteiger partial charge >= 0.3 is 5.20 Å². The van der Waals surface area contributed by atoms with E-state index in [9.17, 15) is 9.36 Å². The van der Waals surface area contributed by atoms with Crippen molar-refractivity contribution in [1.29, 1.82) is 0 Å². The molecule has 0 unspecified atom stereocenters. The molecular formula is C20H25Cl5N5O5P. The minimum Gasteiger partial charge on any atom is -0.491 e. The minimum absolute atomic E-state index is 0.164. The van der Waals surface area contributed by atoms with Crippen LogP contribution in [0.5, 0.6) is 17.4 Å². The standard InChI is InChI=1S/C10H15N.C5H4Cl2N2O.C5H6N2O3.Cl3OP/c1-3-11(4-2)10-8-6-5-7-9-10;1-10-3-4(6)8-2-9-5(3)7;1-10-3-4(8)6-2-7-5(3)9;1-5(2,3)4/h5-9H,3-4H2,1-2H3;2H,1H3;2H,1H3,(H2,6,7,8,9);. The van der Waals surface area contributed by atoms with Crippen LogP contribution in [0.2, 0.25) is 10.3 Å². The van der Waals surface area contributed by atoms with Crippen LogP contribution in [-0.4, -0.2) is 52.4 Å². The van der Waals surface area contributed by atoms with Gasteiger partial charge in [0.15, 0.2) is 16.1 Å². The van der Waals surface area contributed by atoms with Crippen molar-refractivity contribution in [3.05, 3.63) is 63.6 Å². The van der Waals surface area contributed by atoms with Crippen molar-refractivity contribution in [2.24, 2.45) is 0 Å². The highest BCUT2D eigenvalue weighted by molar-refractivity contribution is 8.24. The molecule has 2 N–H and O–H groups in total. The Morgan fingerprint density at radius 2 is 1.42 bits per heavy atom. The van der Waals surface area contributed by atoms with Gasteiger partial charge in [0, 0.05) is 18.8 Å². The Bertz CT molecular complexity index is 1100. The molecule has 2 aromatic heterocycles. The van der Waals surface area contributed by atoms with Crippen molar-refractivity contribution in [2.45, 2.75) is 13.8 Å². The number of methoxy groups -OCH3 is 2. The summed E-state index contributed by atoms with van der Waals surface area (Å²) in [5.41, 5.74) is 0.826. The van der Waals surface area contributed by atoms with Gasteiger partial charge in [-0.05, 0) is 59.7 Å². The normalized spacial score (nSPS) is 9.81. The Kier molecular flexibility index (Phi) is 17.3. The van der Waals surface area contributed by atoms with Crippen LogP contribution in [0.3, 0.4) is 0 Å². The zero-order chi connectivity index (χ0) is 27.7. The molecule has 200 valence electrons. The third-order valence-electron chi connectivity index (χ3n) is 3.80. The van der Waals surface area contributed by atoms with Crippen LogP contribution in [0.4, 0.5) is 5.69 Å². The highest BCUT2D eigenvalue weighted by Gasteiger charge is 2.06. The number of aromatic hydroxyl groups is 1. The number of para-hydroxylation sites is 1. The van der Waals surface area contributed by atoms with Crippen LogP contribution < -0.4 is 19.9 Å². The SMILES string of the molecule is CCN(CC)c1ccccc1.COc1c(Cl)ncnc1Cl.COc1c(O)nc[nH]c1=O.O=P(Cl)(Cl)Cl. The van der Waals surface area contributed by atoms with E-state index in [4.69, 9.17) is 33.0 Å². The number of benzene rings is 1. The van der Waals surface area contributed by atoms with Gasteiger partial charge in [-0.25, -0.2) is 15.0 Å². The first-order valence-electron chi connectivity index (χ1n) is 9.89. The second-order valence-corrected chi connectivity index (χ2v) is 13.3.